The quantitative estimate of drug-likeness (QED) is 0.607. The standard InChI is InChI=1S/C22H20N4O/c1-2-5-17(6-3-1)27-18-10-8-16(9-11-18)21-20-15-23-13-14-26(20)22(25-21)19-7-4-12-24-19/h1-3,5-6,8-11,13-15,19,24H,4,7,12H2/p+1/t19-/m1/s1. The van der Waals surface area contributed by atoms with Gasteiger partial charge in [-0.3, -0.25) is 9.38 Å². The van der Waals surface area contributed by atoms with E-state index in [1.54, 1.807) is 0 Å². The Hall–Kier alpha value is -3.18. The Bertz CT molecular complexity index is 1050. The van der Waals surface area contributed by atoms with Crippen LogP contribution in [-0.4, -0.2) is 20.9 Å². The van der Waals surface area contributed by atoms with Crippen molar-refractivity contribution in [2.75, 3.05) is 6.54 Å². The Morgan fingerprint density at radius 3 is 2.59 bits per heavy atom. The number of ether oxygens (including phenoxy) is 1. The third-order valence-corrected chi connectivity index (χ3v) is 5.08. The summed E-state index contributed by atoms with van der Waals surface area (Å²) in [6.45, 7) is 1.17. The molecule has 5 rings (SSSR count). The van der Waals surface area contributed by atoms with Gasteiger partial charge in [-0.2, -0.15) is 0 Å². The van der Waals surface area contributed by atoms with E-state index in [2.05, 4.69) is 26.8 Å². The highest BCUT2D eigenvalue weighted by molar-refractivity contribution is 5.77. The zero-order valence-electron chi connectivity index (χ0n) is 15.0. The summed E-state index contributed by atoms with van der Waals surface area (Å²) in [6.07, 6.45) is 8.15. The molecule has 1 aliphatic heterocycles. The molecule has 5 heteroatoms. The first-order valence-corrected chi connectivity index (χ1v) is 9.37. The van der Waals surface area contributed by atoms with Crippen LogP contribution < -0.4 is 10.1 Å². The van der Waals surface area contributed by atoms with Crippen LogP contribution in [0.3, 0.4) is 0 Å². The van der Waals surface area contributed by atoms with Crippen molar-refractivity contribution >= 4 is 5.52 Å². The highest BCUT2D eigenvalue weighted by atomic mass is 16.5. The van der Waals surface area contributed by atoms with Gasteiger partial charge in [-0.25, -0.2) is 4.98 Å². The minimum absolute atomic E-state index is 0.425. The summed E-state index contributed by atoms with van der Waals surface area (Å²) in [5.74, 6) is 2.77. The van der Waals surface area contributed by atoms with Crippen LogP contribution in [0.1, 0.15) is 24.7 Å². The van der Waals surface area contributed by atoms with Crippen LogP contribution in [0.15, 0.2) is 73.2 Å². The summed E-state index contributed by atoms with van der Waals surface area (Å²) in [4.78, 5) is 9.32. The summed E-state index contributed by atoms with van der Waals surface area (Å²) < 4.78 is 8.08. The molecule has 2 aromatic heterocycles. The van der Waals surface area contributed by atoms with Crippen LogP contribution in [0, 0.1) is 0 Å². The maximum absolute atomic E-state index is 5.90. The van der Waals surface area contributed by atoms with Crippen molar-refractivity contribution in [1.82, 2.24) is 14.4 Å². The molecule has 0 bridgehead atoms. The molecule has 1 atom stereocenters. The van der Waals surface area contributed by atoms with E-state index in [1.165, 1.54) is 19.4 Å². The van der Waals surface area contributed by atoms with Crippen molar-refractivity contribution in [2.24, 2.45) is 0 Å². The number of nitrogens with two attached hydrogens (primary N) is 1. The van der Waals surface area contributed by atoms with Gasteiger partial charge in [0.15, 0.2) is 5.82 Å². The molecule has 0 unspecified atom stereocenters. The lowest BCUT2D eigenvalue weighted by atomic mass is 10.1. The molecule has 0 spiro atoms. The van der Waals surface area contributed by atoms with E-state index in [0.717, 1.165) is 34.1 Å². The van der Waals surface area contributed by atoms with Crippen LogP contribution in [0.2, 0.25) is 0 Å². The third-order valence-electron chi connectivity index (χ3n) is 5.08. The number of imidazole rings is 1. The van der Waals surface area contributed by atoms with E-state index in [0.29, 0.717) is 6.04 Å². The predicted octanol–water partition coefficient (Wildman–Crippen LogP) is 3.59. The first kappa shape index (κ1) is 16.0. The zero-order valence-corrected chi connectivity index (χ0v) is 15.0. The maximum atomic E-state index is 5.90. The van der Waals surface area contributed by atoms with Gasteiger partial charge in [0.2, 0.25) is 0 Å². The number of para-hydroxylation sites is 1. The number of aromatic nitrogens is 3. The van der Waals surface area contributed by atoms with Crippen LogP contribution >= 0.6 is 0 Å². The topological polar surface area (TPSA) is 56.0 Å². The molecule has 27 heavy (non-hydrogen) atoms. The number of benzene rings is 2. The van der Waals surface area contributed by atoms with Gasteiger partial charge in [-0.05, 0) is 36.4 Å². The smallest absolute Gasteiger partial charge is 0.172 e. The van der Waals surface area contributed by atoms with E-state index < -0.39 is 0 Å². The number of fused-ring (bicyclic) bond motifs is 1. The SMILES string of the molecule is c1ccc(Oc2ccc(-c3nc([C@H]4CCC[NH2+]4)n4ccncc34)cc2)cc1. The molecule has 0 aliphatic carbocycles. The molecule has 0 radical (unpaired) electrons. The molecule has 1 aliphatic rings. The second-order valence-corrected chi connectivity index (χ2v) is 6.86. The van der Waals surface area contributed by atoms with Crippen molar-refractivity contribution in [2.45, 2.75) is 18.9 Å². The van der Waals surface area contributed by atoms with Crippen LogP contribution in [-0.2, 0) is 0 Å². The van der Waals surface area contributed by atoms with Gasteiger partial charge in [0.05, 0.1) is 24.0 Å². The highest BCUT2D eigenvalue weighted by Crippen LogP contribution is 2.30. The van der Waals surface area contributed by atoms with E-state index >= 15 is 0 Å². The summed E-state index contributed by atoms with van der Waals surface area (Å²) in [5.41, 5.74) is 3.10. The number of rotatable bonds is 4. The van der Waals surface area contributed by atoms with Gasteiger partial charge in [0, 0.05) is 30.8 Å². The lowest BCUT2D eigenvalue weighted by molar-refractivity contribution is -0.677. The molecule has 3 heterocycles. The summed E-state index contributed by atoms with van der Waals surface area (Å²) >= 11 is 0. The molecular formula is C22H21N4O+. The average molecular weight is 357 g/mol. The van der Waals surface area contributed by atoms with Crippen molar-refractivity contribution in [3.63, 3.8) is 0 Å². The molecule has 1 saturated heterocycles. The van der Waals surface area contributed by atoms with Crippen molar-refractivity contribution in [1.29, 1.82) is 0 Å². The fourth-order valence-corrected chi connectivity index (χ4v) is 3.75. The average Bonchev–Trinajstić information content (AvgIpc) is 3.37. The minimum atomic E-state index is 0.425. The third kappa shape index (κ3) is 3.06. The molecule has 2 N–H and O–H groups in total. The van der Waals surface area contributed by atoms with Crippen LogP contribution in [0.25, 0.3) is 16.8 Å². The molecule has 1 fully saturated rings. The van der Waals surface area contributed by atoms with Gasteiger partial charge < -0.3 is 10.1 Å². The van der Waals surface area contributed by atoms with Gasteiger partial charge in [0.1, 0.15) is 17.5 Å². The number of hydrogen-bond donors (Lipinski definition) is 1. The monoisotopic (exact) mass is 357 g/mol. The summed E-state index contributed by atoms with van der Waals surface area (Å²) in [7, 11) is 0. The Morgan fingerprint density at radius 1 is 1.00 bits per heavy atom. The first-order chi connectivity index (χ1) is 13.4. The van der Waals surface area contributed by atoms with Gasteiger partial charge in [-0.15, -0.1) is 0 Å². The fourth-order valence-electron chi connectivity index (χ4n) is 3.75. The normalized spacial score (nSPS) is 16.7. The Kier molecular flexibility index (Phi) is 4.07. The second kappa shape index (κ2) is 6.85. The van der Waals surface area contributed by atoms with Crippen LogP contribution in [0.5, 0.6) is 11.5 Å². The summed E-state index contributed by atoms with van der Waals surface area (Å²) in [6, 6.07) is 18.4. The van der Waals surface area contributed by atoms with Crippen molar-refractivity contribution in [3.05, 3.63) is 79.0 Å². The van der Waals surface area contributed by atoms with Gasteiger partial charge in [-0.1, -0.05) is 18.2 Å². The molecule has 0 amide bonds. The van der Waals surface area contributed by atoms with E-state index in [9.17, 15) is 0 Å². The highest BCUT2D eigenvalue weighted by Gasteiger charge is 2.26. The van der Waals surface area contributed by atoms with E-state index in [4.69, 9.17) is 9.72 Å². The number of quaternary nitrogens is 1. The summed E-state index contributed by atoms with van der Waals surface area (Å²) in [5, 5.41) is 2.38. The lowest BCUT2D eigenvalue weighted by Gasteiger charge is -2.06. The zero-order chi connectivity index (χ0) is 18.1. The second-order valence-electron chi connectivity index (χ2n) is 6.86. The lowest BCUT2D eigenvalue weighted by Crippen LogP contribution is -2.82. The molecule has 5 nitrogen and oxygen atoms in total. The first-order valence-electron chi connectivity index (χ1n) is 9.37. The van der Waals surface area contributed by atoms with Gasteiger partial charge >= 0.3 is 0 Å². The van der Waals surface area contributed by atoms with Crippen molar-refractivity contribution < 1.29 is 10.1 Å². The fraction of sp³-hybridized carbons (Fsp3) is 0.182. The van der Waals surface area contributed by atoms with E-state index in [-0.39, 0.29) is 0 Å². The number of hydrogen-bond acceptors (Lipinski definition) is 3. The van der Waals surface area contributed by atoms with Crippen molar-refractivity contribution in [3.8, 4) is 22.8 Å². The Labute approximate surface area is 157 Å². The maximum Gasteiger partial charge on any atom is 0.172 e. The molecule has 0 saturated carbocycles. The minimum Gasteiger partial charge on any atom is -0.457 e. The Balaban J connectivity index is 1.50. The molecule has 2 aromatic carbocycles. The Morgan fingerprint density at radius 2 is 1.81 bits per heavy atom. The largest absolute Gasteiger partial charge is 0.457 e. The predicted molar refractivity (Wildman–Crippen MR) is 104 cm³/mol. The number of nitrogens with zero attached hydrogens (tertiary/aromatic N) is 3. The van der Waals surface area contributed by atoms with Crippen LogP contribution in [0.4, 0.5) is 0 Å². The van der Waals surface area contributed by atoms with E-state index in [1.807, 2.05) is 61.1 Å². The van der Waals surface area contributed by atoms with Gasteiger partial charge in [0.25, 0.3) is 0 Å². The molecule has 4 aromatic rings. The molecule has 134 valence electrons. The molecular weight excluding hydrogens is 336 g/mol.